The minimum absolute atomic E-state index is 0.0661. The predicted molar refractivity (Wildman–Crippen MR) is 125 cm³/mol. The molecule has 4 nitrogen and oxygen atoms in total. The number of hydrogen-bond acceptors (Lipinski definition) is 4. The van der Waals surface area contributed by atoms with Gasteiger partial charge in [-0.3, -0.25) is 9.69 Å². The maximum Gasteiger partial charge on any atom is 0.238 e. The van der Waals surface area contributed by atoms with Crippen LogP contribution in [0, 0.1) is 0 Å². The molecule has 5 heteroatoms. The number of hydrogen-bond donors (Lipinski definition) is 2. The molecule has 0 fully saturated rings. The number of rotatable bonds is 10. The fourth-order valence-electron chi connectivity index (χ4n) is 3.52. The molecule has 30 heavy (non-hydrogen) atoms. The van der Waals surface area contributed by atoms with Crippen molar-refractivity contribution in [2.75, 3.05) is 31.3 Å². The maximum absolute atomic E-state index is 12.9. The minimum Gasteiger partial charge on any atom is -0.396 e. The van der Waals surface area contributed by atoms with Gasteiger partial charge in [0.1, 0.15) is 0 Å². The number of aliphatic hydroxyl groups excluding tert-OH is 1. The Morgan fingerprint density at radius 2 is 1.50 bits per heavy atom. The zero-order chi connectivity index (χ0) is 21.2. The van der Waals surface area contributed by atoms with Crippen molar-refractivity contribution in [1.82, 2.24) is 4.90 Å². The highest BCUT2D eigenvalue weighted by molar-refractivity contribution is 7.98. The van der Waals surface area contributed by atoms with Crippen LogP contribution in [-0.4, -0.2) is 41.9 Å². The Balaban J connectivity index is 1.83. The van der Waals surface area contributed by atoms with Gasteiger partial charge in [0.25, 0.3) is 0 Å². The first-order valence-electron chi connectivity index (χ1n) is 10.1. The smallest absolute Gasteiger partial charge is 0.238 e. The average Bonchev–Trinajstić information content (AvgIpc) is 2.79. The Morgan fingerprint density at radius 3 is 2.00 bits per heavy atom. The summed E-state index contributed by atoms with van der Waals surface area (Å²) in [4.78, 5) is 16.2. The van der Waals surface area contributed by atoms with Crippen LogP contribution >= 0.6 is 11.8 Å². The van der Waals surface area contributed by atoms with Gasteiger partial charge in [0.2, 0.25) is 5.91 Å². The lowest BCUT2D eigenvalue weighted by Crippen LogP contribution is -2.37. The Morgan fingerprint density at radius 1 is 0.933 bits per heavy atom. The van der Waals surface area contributed by atoms with E-state index in [0.717, 1.165) is 21.7 Å². The highest BCUT2D eigenvalue weighted by Crippen LogP contribution is 2.29. The Hall–Kier alpha value is -2.60. The molecule has 0 aliphatic carbocycles. The van der Waals surface area contributed by atoms with Gasteiger partial charge >= 0.3 is 0 Å². The normalized spacial score (nSPS) is 11.1. The number of benzene rings is 3. The zero-order valence-corrected chi connectivity index (χ0v) is 18.0. The molecule has 3 rings (SSSR count). The summed E-state index contributed by atoms with van der Waals surface area (Å²) >= 11 is 1.67. The van der Waals surface area contributed by atoms with E-state index < -0.39 is 0 Å². The van der Waals surface area contributed by atoms with E-state index in [1.165, 1.54) is 0 Å². The summed E-state index contributed by atoms with van der Waals surface area (Å²) < 4.78 is 0. The quantitative estimate of drug-likeness (QED) is 0.462. The summed E-state index contributed by atoms with van der Waals surface area (Å²) in [5.41, 5.74) is 3.04. The molecule has 0 aliphatic heterocycles. The number of nitrogens with zero attached hydrogens (tertiary/aromatic N) is 1. The van der Waals surface area contributed by atoms with Crippen molar-refractivity contribution in [2.45, 2.75) is 17.4 Å². The molecule has 0 radical (unpaired) electrons. The largest absolute Gasteiger partial charge is 0.396 e. The molecule has 0 spiro atoms. The molecule has 3 aromatic carbocycles. The predicted octanol–water partition coefficient (Wildman–Crippen LogP) is 4.82. The van der Waals surface area contributed by atoms with Crippen LogP contribution in [0.2, 0.25) is 0 Å². The van der Waals surface area contributed by atoms with E-state index in [-0.39, 0.29) is 25.1 Å². The maximum atomic E-state index is 12.9. The van der Waals surface area contributed by atoms with Crippen LogP contribution < -0.4 is 5.32 Å². The van der Waals surface area contributed by atoms with Gasteiger partial charge in [-0.25, -0.2) is 0 Å². The molecule has 1 amide bonds. The minimum atomic E-state index is -0.0679. The fourth-order valence-corrected chi connectivity index (χ4v) is 3.93. The first-order valence-corrected chi connectivity index (χ1v) is 11.3. The third-order valence-electron chi connectivity index (χ3n) is 4.92. The van der Waals surface area contributed by atoms with Gasteiger partial charge in [-0.15, -0.1) is 11.8 Å². The highest BCUT2D eigenvalue weighted by atomic mass is 32.2. The fraction of sp³-hybridized carbons (Fsp3) is 0.240. The monoisotopic (exact) mass is 420 g/mol. The lowest BCUT2D eigenvalue weighted by Gasteiger charge is -2.32. The molecule has 2 N–H and O–H groups in total. The Bertz CT molecular complexity index is 862. The highest BCUT2D eigenvalue weighted by Gasteiger charge is 2.24. The van der Waals surface area contributed by atoms with Crippen LogP contribution in [0.5, 0.6) is 0 Å². The third kappa shape index (κ3) is 6.20. The second-order valence-electron chi connectivity index (χ2n) is 7.05. The van der Waals surface area contributed by atoms with Crippen LogP contribution in [-0.2, 0) is 4.79 Å². The van der Waals surface area contributed by atoms with Crippen molar-refractivity contribution in [3.63, 3.8) is 0 Å². The number of nitrogens with one attached hydrogen (secondary N) is 1. The number of carbonyl (C=O) groups is 1. The summed E-state index contributed by atoms with van der Waals surface area (Å²) in [6.07, 6.45) is 2.63. The molecule has 0 bridgehead atoms. The van der Waals surface area contributed by atoms with E-state index in [1.54, 1.807) is 11.8 Å². The van der Waals surface area contributed by atoms with Gasteiger partial charge < -0.3 is 10.4 Å². The van der Waals surface area contributed by atoms with Crippen molar-refractivity contribution in [1.29, 1.82) is 0 Å². The number of aliphatic hydroxyl groups is 1. The Labute approximate surface area is 182 Å². The molecule has 0 aromatic heterocycles. The first-order chi connectivity index (χ1) is 14.7. The van der Waals surface area contributed by atoms with Crippen LogP contribution in [0.15, 0.2) is 89.8 Å². The van der Waals surface area contributed by atoms with Crippen LogP contribution in [0.25, 0.3) is 0 Å². The van der Waals surface area contributed by atoms with Gasteiger partial charge in [0.05, 0.1) is 12.6 Å². The molecule has 0 saturated carbocycles. The SMILES string of the molecule is CSc1ccc(NC(=O)CN(CCCO)C(c2ccccc2)c2ccccc2)cc1. The van der Waals surface area contributed by atoms with Crippen molar-refractivity contribution in [3.8, 4) is 0 Å². The molecular formula is C25H28N2O2S. The Kier molecular flexibility index (Phi) is 8.51. The number of anilines is 1. The molecule has 156 valence electrons. The first kappa shape index (κ1) is 22.1. The summed E-state index contributed by atoms with van der Waals surface area (Å²) in [6.45, 7) is 0.938. The number of carbonyl (C=O) groups excluding carboxylic acids is 1. The average molecular weight is 421 g/mol. The summed E-state index contributed by atoms with van der Waals surface area (Å²) in [5.74, 6) is -0.0679. The number of amides is 1. The summed E-state index contributed by atoms with van der Waals surface area (Å²) in [5, 5.41) is 12.4. The molecule has 0 atom stereocenters. The summed E-state index contributed by atoms with van der Waals surface area (Å²) in [7, 11) is 0. The van der Waals surface area contributed by atoms with E-state index in [2.05, 4.69) is 34.5 Å². The van der Waals surface area contributed by atoms with Gasteiger partial charge in [0, 0.05) is 23.7 Å². The zero-order valence-electron chi connectivity index (χ0n) is 17.2. The molecule has 0 heterocycles. The second-order valence-corrected chi connectivity index (χ2v) is 7.93. The molecule has 0 unspecified atom stereocenters. The van der Waals surface area contributed by atoms with E-state index >= 15 is 0 Å². The van der Waals surface area contributed by atoms with Gasteiger partial charge in [-0.2, -0.15) is 0 Å². The van der Waals surface area contributed by atoms with E-state index in [4.69, 9.17) is 0 Å². The van der Waals surface area contributed by atoms with Crippen molar-refractivity contribution < 1.29 is 9.90 Å². The van der Waals surface area contributed by atoms with Crippen molar-refractivity contribution >= 4 is 23.4 Å². The molecular weight excluding hydrogens is 392 g/mol. The molecule has 0 saturated heterocycles. The molecule has 0 aliphatic rings. The number of thioether (sulfide) groups is 1. The lowest BCUT2D eigenvalue weighted by atomic mass is 9.96. The second kappa shape index (κ2) is 11.6. The van der Waals surface area contributed by atoms with Crippen molar-refractivity contribution in [2.24, 2.45) is 0 Å². The van der Waals surface area contributed by atoms with Crippen LogP contribution in [0.3, 0.4) is 0 Å². The van der Waals surface area contributed by atoms with Gasteiger partial charge in [-0.05, 0) is 48.1 Å². The van der Waals surface area contributed by atoms with E-state index in [9.17, 15) is 9.90 Å². The van der Waals surface area contributed by atoms with E-state index in [0.29, 0.717) is 13.0 Å². The van der Waals surface area contributed by atoms with Crippen LogP contribution in [0.4, 0.5) is 5.69 Å². The standard InChI is InChI=1S/C25H28N2O2S/c1-30-23-15-13-22(14-16-23)26-24(29)19-27(17-8-18-28)25(20-9-4-2-5-10-20)21-11-6-3-7-12-21/h2-7,9-16,25,28H,8,17-19H2,1H3,(H,26,29). The van der Waals surface area contributed by atoms with Crippen molar-refractivity contribution in [3.05, 3.63) is 96.1 Å². The lowest BCUT2D eigenvalue weighted by molar-refractivity contribution is -0.117. The third-order valence-corrected chi connectivity index (χ3v) is 5.66. The van der Waals surface area contributed by atoms with Gasteiger partial charge in [0.15, 0.2) is 0 Å². The topological polar surface area (TPSA) is 52.6 Å². The summed E-state index contributed by atoms with van der Waals surface area (Å²) in [6, 6.07) is 28.2. The van der Waals surface area contributed by atoms with E-state index in [1.807, 2.05) is 66.9 Å². The van der Waals surface area contributed by atoms with Gasteiger partial charge in [-0.1, -0.05) is 60.7 Å². The molecule has 3 aromatic rings. The van der Waals surface area contributed by atoms with Crippen LogP contribution in [0.1, 0.15) is 23.6 Å².